The summed E-state index contributed by atoms with van der Waals surface area (Å²) in [7, 11) is 0. The first-order chi connectivity index (χ1) is 16.9. The Bertz CT molecular complexity index is 1110. The predicted octanol–water partition coefficient (Wildman–Crippen LogP) is 4.82. The zero-order chi connectivity index (χ0) is 24.8. The summed E-state index contributed by atoms with van der Waals surface area (Å²) in [5.74, 6) is 1.31. The highest BCUT2D eigenvalue weighted by molar-refractivity contribution is 6.00. The van der Waals surface area contributed by atoms with Gasteiger partial charge >= 0.3 is 0 Å². The Labute approximate surface area is 207 Å². The van der Waals surface area contributed by atoms with Crippen molar-refractivity contribution in [2.24, 2.45) is 0 Å². The van der Waals surface area contributed by atoms with E-state index in [0.717, 1.165) is 30.0 Å². The Morgan fingerprint density at radius 1 is 1.03 bits per heavy atom. The Morgan fingerprint density at radius 2 is 1.71 bits per heavy atom. The lowest BCUT2D eigenvalue weighted by atomic mass is 10.0. The fourth-order valence-electron chi connectivity index (χ4n) is 4.05. The van der Waals surface area contributed by atoms with Gasteiger partial charge in [-0.2, -0.15) is 0 Å². The molecule has 7 heteroatoms. The van der Waals surface area contributed by atoms with Crippen molar-refractivity contribution in [2.75, 3.05) is 31.2 Å². The molecule has 0 atom stereocenters. The van der Waals surface area contributed by atoms with Crippen molar-refractivity contribution in [1.82, 2.24) is 14.9 Å². The third-order valence-corrected chi connectivity index (χ3v) is 5.88. The number of carbonyl (C=O) groups excluding carboxylic acids is 1. The molecule has 2 aromatic carbocycles. The van der Waals surface area contributed by atoms with Gasteiger partial charge in [-0.3, -0.25) is 4.79 Å². The van der Waals surface area contributed by atoms with Crippen LogP contribution in [-0.2, 0) is 11.3 Å². The predicted molar refractivity (Wildman–Crippen MR) is 138 cm³/mol. The molecule has 184 valence electrons. The SMILES string of the molecule is CC(C)Oc1ccc(-c2nc(N3CCOCC3)ncc2C(=O)N(Cc2ccccc2)C(C)C)cc1. The molecule has 4 rings (SSSR count). The van der Waals surface area contributed by atoms with Crippen molar-refractivity contribution in [3.63, 3.8) is 0 Å². The molecule has 1 fully saturated rings. The highest BCUT2D eigenvalue weighted by Crippen LogP contribution is 2.28. The number of hydrogen-bond acceptors (Lipinski definition) is 6. The number of anilines is 1. The van der Waals surface area contributed by atoms with Gasteiger partial charge in [0.05, 0.1) is 30.6 Å². The van der Waals surface area contributed by atoms with E-state index in [1.54, 1.807) is 6.20 Å². The minimum absolute atomic E-state index is 0.0105. The maximum Gasteiger partial charge on any atom is 0.258 e. The van der Waals surface area contributed by atoms with E-state index in [9.17, 15) is 4.79 Å². The van der Waals surface area contributed by atoms with E-state index in [2.05, 4.69) is 9.88 Å². The van der Waals surface area contributed by atoms with E-state index in [1.807, 2.05) is 87.2 Å². The highest BCUT2D eigenvalue weighted by Gasteiger charge is 2.25. The number of amides is 1. The summed E-state index contributed by atoms with van der Waals surface area (Å²) < 4.78 is 11.3. The summed E-state index contributed by atoms with van der Waals surface area (Å²) in [6, 6.07) is 17.8. The summed E-state index contributed by atoms with van der Waals surface area (Å²) >= 11 is 0. The van der Waals surface area contributed by atoms with Crippen molar-refractivity contribution in [2.45, 2.75) is 46.4 Å². The number of benzene rings is 2. The van der Waals surface area contributed by atoms with Gasteiger partial charge in [0.2, 0.25) is 5.95 Å². The molecular formula is C28H34N4O3. The summed E-state index contributed by atoms with van der Waals surface area (Å²) in [6.07, 6.45) is 1.76. The first kappa shape index (κ1) is 24.7. The minimum atomic E-state index is -0.0881. The third kappa shape index (κ3) is 6.17. The van der Waals surface area contributed by atoms with E-state index < -0.39 is 0 Å². The average molecular weight is 475 g/mol. The van der Waals surface area contributed by atoms with Crippen LogP contribution in [0, 0.1) is 0 Å². The smallest absolute Gasteiger partial charge is 0.258 e. The summed E-state index contributed by atoms with van der Waals surface area (Å²) in [4.78, 5) is 27.3. The van der Waals surface area contributed by atoms with E-state index in [1.165, 1.54) is 0 Å². The molecule has 0 spiro atoms. The molecule has 3 aromatic rings. The maximum absolute atomic E-state index is 13.9. The lowest BCUT2D eigenvalue weighted by molar-refractivity contribution is 0.0690. The van der Waals surface area contributed by atoms with Gasteiger partial charge in [-0.25, -0.2) is 9.97 Å². The van der Waals surface area contributed by atoms with Gasteiger partial charge in [0, 0.05) is 37.4 Å². The van der Waals surface area contributed by atoms with Crippen molar-refractivity contribution < 1.29 is 14.3 Å². The second-order valence-corrected chi connectivity index (χ2v) is 9.24. The fourth-order valence-corrected chi connectivity index (χ4v) is 4.05. The molecule has 2 heterocycles. The number of aromatic nitrogens is 2. The average Bonchev–Trinajstić information content (AvgIpc) is 2.87. The molecule has 0 bridgehead atoms. The van der Waals surface area contributed by atoms with Gasteiger partial charge in [-0.15, -0.1) is 0 Å². The number of carbonyl (C=O) groups is 1. The van der Waals surface area contributed by atoms with Crippen molar-refractivity contribution >= 4 is 11.9 Å². The van der Waals surface area contributed by atoms with Gasteiger partial charge in [0.25, 0.3) is 5.91 Å². The Balaban J connectivity index is 1.72. The lowest BCUT2D eigenvalue weighted by Crippen LogP contribution is -2.38. The zero-order valence-corrected chi connectivity index (χ0v) is 21.0. The number of hydrogen-bond donors (Lipinski definition) is 0. The molecule has 1 saturated heterocycles. The largest absolute Gasteiger partial charge is 0.491 e. The molecule has 1 aromatic heterocycles. The molecule has 0 saturated carbocycles. The second-order valence-electron chi connectivity index (χ2n) is 9.24. The van der Waals surface area contributed by atoms with Crippen LogP contribution in [-0.4, -0.2) is 59.2 Å². The molecule has 7 nitrogen and oxygen atoms in total. The number of rotatable bonds is 8. The van der Waals surface area contributed by atoms with Crippen molar-refractivity contribution in [1.29, 1.82) is 0 Å². The van der Waals surface area contributed by atoms with Crippen LogP contribution in [0.1, 0.15) is 43.6 Å². The normalized spacial score (nSPS) is 13.8. The molecule has 35 heavy (non-hydrogen) atoms. The quantitative estimate of drug-likeness (QED) is 0.466. The zero-order valence-electron chi connectivity index (χ0n) is 21.0. The molecule has 0 N–H and O–H groups in total. The van der Waals surface area contributed by atoms with Crippen molar-refractivity contribution in [3.05, 3.63) is 71.9 Å². The maximum atomic E-state index is 13.9. The highest BCUT2D eigenvalue weighted by atomic mass is 16.5. The van der Waals surface area contributed by atoms with Crippen LogP contribution >= 0.6 is 0 Å². The van der Waals surface area contributed by atoms with Crippen LogP contribution in [0.3, 0.4) is 0 Å². The molecule has 0 radical (unpaired) electrons. The molecule has 1 aliphatic heterocycles. The molecular weight excluding hydrogens is 440 g/mol. The molecule has 1 amide bonds. The van der Waals surface area contributed by atoms with Crippen LogP contribution in [0.25, 0.3) is 11.3 Å². The lowest BCUT2D eigenvalue weighted by Gasteiger charge is -2.29. The Morgan fingerprint density at radius 3 is 2.34 bits per heavy atom. The van der Waals surface area contributed by atoms with E-state index in [0.29, 0.717) is 37.0 Å². The van der Waals surface area contributed by atoms with Gasteiger partial charge in [0.1, 0.15) is 5.75 Å². The number of morpholine rings is 1. The fraction of sp³-hybridized carbons (Fsp3) is 0.393. The van der Waals surface area contributed by atoms with Gasteiger partial charge in [-0.05, 0) is 57.5 Å². The molecule has 0 unspecified atom stereocenters. The first-order valence-corrected chi connectivity index (χ1v) is 12.2. The van der Waals surface area contributed by atoms with Crippen LogP contribution in [0.4, 0.5) is 5.95 Å². The standard InChI is InChI=1S/C28H34N4O3/c1-20(2)32(19-22-8-6-5-7-9-22)27(33)25-18-29-28(31-14-16-34-17-15-31)30-26(25)23-10-12-24(13-11-23)35-21(3)4/h5-13,18,20-21H,14-17,19H2,1-4H3. The summed E-state index contributed by atoms with van der Waals surface area (Å²) in [5, 5.41) is 0. The van der Waals surface area contributed by atoms with Gasteiger partial charge in [0.15, 0.2) is 0 Å². The monoisotopic (exact) mass is 474 g/mol. The summed E-state index contributed by atoms with van der Waals surface area (Å²) in [6.45, 7) is 11.3. The van der Waals surface area contributed by atoms with Crippen LogP contribution < -0.4 is 9.64 Å². The van der Waals surface area contributed by atoms with E-state index >= 15 is 0 Å². The number of nitrogens with zero attached hydrogens (tertiary/aromatic N) is 4. The second kappa shape index (κ2) is 11.3. The van der Waals surface area contributed by atoms with Crippen LogP contribution in [0.15, 0.2) is 60.8 Å². The number of ether oxygens (including phenoxy) is 2. The topological polar surface area (TPSA) is 67.8 Å². The van der Waals surface area contributed by atoms with Crippen LogP contribution in [0.5, 0.6) is 5.75 Å². The van der Waals surface area contributed by atoms with Crippen molar-refractivity contribution in [3.8, 4) is 17.0 Å². The molecule has 0 aliphatic carbocycles. The molecule has 1 aliphatic rings. The van der Waals surface area contributed by atoms with E-state index in [-0.39, 0.29) is 18.1 Å². The van der Waals surface area contributed by atoms with Crippen LogP contribution in [0.2, 0.25) is 0 Å². The van der Waals surface area contributed by atoms with E-state index in [4.69, 9.17) is 14.5 Å². The summed E-state index contributed by atoms with van der Waals surface area (Å²) in [5.41, 5.74) is 3.05. The van der Waals surface area contributed by atoms with Gasteiger partial charge in [-0.1, -0.05) is 30.3 Å². The third-order valence-electron chi connectivity index (χ3n) is 5.88. The Hall–Kier alpha value is -3.45. The minimum Gasteiger partial charge on any atom is -0.491 e. The first-order valence-electron chi connectivity index (χ1n) is 12.2. The van der Waals surface area contributed by atoms with Gasteiger partial charge < -0.3 is 19.3 Å². The Kier molecular flexibility index (Phi) is 7.98.